The number of hydrogen-bond acceptors (Lipinski definition) is 6. The number of likely N-dealkylation sites (N-methyl/N-ethyl adjacent to an activating group) is 1. The summed E-state index contributed by atoms with van der Waals surface area (Å²) >= 11 is 1.53. The number of nitrogens with zero attached hydrogens (tertiary/aromatic N) is 4. The molecule has 39 heavy (non-hydrogen) atoms. The summed E-state index contributed by atoms with van der Waals surface area (Å²) < 4.78 is 29.5. The highest BCUT2D eigenvalue weighted by molar-refractivity contribution is 7.89. The van der Waals surface area contributed by atoms with Gasteiger partial charge in [-0.15, -0.1) is 12.4 Å². The van der Waals surface area contributed by atoms with Gasteiger partial charge in [-0.2, -0.15) is 4.31 Å². The normalized spacial score (nSPS) is 16.4. The van der Waals surface area contributed by atoms with Crippen molar-refractivity contribution < 1.29 is 13.2 Å². The van der Waals surface area contributed by atoms with E-state index in [4.69, 9.17) is 4.98 Å². The van der Waals surface area contributed by atoms with Gasteiger partial charge in [0, 0.05) is 31.2 Å². The molecule has 1 aliphatic heterocycles. The summed E-state index contributed by atoms with van der Waals surface area (Å²) in [5.41, 5.74) is 3.64. The Labute approximate surface area is 243 Å². The highest BCUT2D eigenvalue weighted by Gasteiger charge is 2.32. The Bertz CT molecular complexity index is 1370. The number of thiazole rings is 1. The number of amides is 1. The van der Waals surface area contributed by atoms with E-state index in [0.29, 0.717) is 23.8 Å². The molecule has 1 atom stereocenters. The van der Waals surface area contributed by atoms with Crippen LogP contribution in [0.25, 0.3) is 10.2 Å². The van der Waals surface area contributed by atoms with E-state index in [0.717, 1.165) is 61.1 Å². The molecular formula is C29H41ClN4O3S2. The minimum absolute atomic E-state index is 0. The lowest BCUT2D eigenvalue weighted by Gasteiger charge is -2.34. The number of anilines is 1. The Morgan fingerprint density at radius 2 is 1.74 bits per heavy atom. The average molecular weight is 593 g/mol. The van der Waals surface area contributed by atoms with Crippen molar-refractivity contribution in [1.29, 1.82) is 0 Å². The van der Waals surface area contributed by atoms with Crippen LogP contribution in [0.5, 0.6) is 0 Å². The number of carbonyl (C=O) groups excluding carboxylic acids is 1. The van der Waals surface area contributed by atoms with Crippen LogP contribution >= 0.6 is 23.7 Å². The molecule has 1 saturated heterocycles. The first-order valence-electron chi connectivity index (χ1n) is 13.7. The van der Waals surface area contributed by atoms with Crippen molar-refractivity contribution in [1.82, 2.24) is 14.2 Å². The Morgan fingerprint density at radius 1 is 1.05 bits per heavy atom. The summed E-state index contributed by atoms with van der Waals surface area (Å²) in [6.45, 7) is 14.0. The van der Waals surface area contributed by atoms with Crippen LogP contribution < -0.4 is 4.90 Å². The maximum Gasteiger partial charge on any atom is 0.260 e. The number of piperidine rings is 1. The van der Waals surface area contributed by atoms with E-state index in [1.165, 1.54) is 16.9 Å². The van der Waals surface area contributed by atoms with Gasteiger partial charge in [-0.05, 0) is 87.7 Å². The smallest absolute Gasteiger partial charge is 0.260 e. The summed E-state index contributed by atoms with van der Waals surface area (Å²) in [6, 6.07) is 10.7. The third kappa shape index (κ3) is 6.82. The molecule has 2 aromatic carbocycles. The molecule has 0 aliphatic carbocycles. The van der Waals surface area contributed by atoms with Gasteiger partial charge in [-0.3, -0.25) is 9.69 Å². The zero-order valence-electron chi connectivity index (χ0n) is 23.6. The highest BCUT2D eigenvalue weighted by atomic mass is 35.5. The van der Waals surface area contributed by atoms with Crippen molar-refractivity contribution >= 4 is 55.0 Å². The number of benzene rings is 2. The minimum Gasteiger partial charge on any atom is -0.302 e. The fourth-order valence-corrected chi connectivity index (χ4v) is 8.23. The zero-order valence-corrected chi connectivity index (χ0v) is 26.1. The van der Waals surface area contributed by atoms with Crippen LogP contribution in [0.1, 0.15) is 67.9 Å². The predicted molar refractivity (Wildman–Crippen MR) is 164 cm³/mol. The topological polar surface area (TPSA) is 73.8 Å². The van der Waals surface area contributed by atoms with E-state index in [1.807, 2.05) is 13.8 Å². The molecule has 1 amide bonds. The number of halogens is 1. The molecule has 1 aliphatic rings. The largest absolute Gasteiger partial charge is 0.302 e. The second-order valence-corrected chi connectivity index (χ2v) is 13.0. The number of hydrogen-bond donors (Lipinski definition) is 0. The van der Waals surface area contributed by atoms with E-state index in [9.17, 15) is 13.2 Å². The summed E-state index contributed by atoms with van der Waals surface area (Å²) in [7, 11) is -3.60. The first-order chi connectivity index (χ1) is 18.2. The molecule has 0 spiro atoms. The van der Waals surface area contributed by atoms with Gasteiger partial charge in [0.25, 0.3) is 5.91 Å². The standard InChI is InChI=1S/C29H40N4O3S2.ClH/c1-6-24-11-9-10-16-33(24)38(35,36)25-14-12-23(13-15-25)28(34)32(18-17-31(7-2)8-3)29-30-27-22(5)19-21(4)20-26(27)37-29;/h12-15,19-20,24H,6-11,16-18H2,1-5H3;1H. The number of sulfonamides is 1. The van der Waals surface area contributed by atoms with E-state index in [2.05, 4.69) is 37.8 Å². The Kier molecular flexibility index (Phi) is 10.9. The van der Waals surface area contributed by atoms with Crippen LogP contribution in [0.15, 0.2) is 41.3 Å². The van der Waals surface area contributed by atoms with Crippen molar-refractivity contribution in [2.45, 2.75) is 71.2 Å². The van der Waals surface area contributed by atoms with Crippen molar-refractivity contribution in [3.63, 3.8) is 0 Å². The van der Waals surface area contributed by atoms with Crippen LogP contribution in [-0.4, -0.2) is 67.3 Å². The lowest BCUT2D eigenvalue weighted by Crippen LogP contribution is -2.43. The third-order valence-electron chi connectivity index (χ3n) is 7.58. The molecule has 2 heterocycles. The number of aromatic nitrogens is 1. The predicted octanol–water partition coefficient (Wildman–Crippen LogP) is 6.28. The first kappa shape index (κ1) is 31.5. The molecule has 1 fully saturated rings. The van der Waals surface area contributed by atoms with Gasteiger partial charge in [0.2, 0.25) is 10.0 Å². The Morgan fingerprint density at radius 3 is 2.38 bits per heavy atom. The highest BCUT2D eigenvalue weighted by Crippen LogP contribution is 2.33. The molecular weight excluding hydrogens is 552 g/mol. The average Bonchev–Trinajstić information content (AvgIpc) is 3.35. The fraction of sp³-hybridized carbons (Fsp3) is 0.517. The second-order valence-electron chi connectivity index (χ2n) is 10.1. The van der Waals surface area contributed by atoms with Crippen molar-refractivity contribution in [3.05, 3.63) is 53.1 Å². The van der Waals surface area contributed by atoms with Gasteiger partial charge in [-0.1, -0.05) is 44.6 Å². The maximum absolute atomic E-state index is 13.8. The van der Waals surface area contributed by atoms with Crippen LogP contribution in [0, 0.1) is 13.8 Å². The van der Waals surface area contributed by atoms with E-state index < -0.39 is 10.0 Å². The van der Waals surface area contributed by atoms with Crippen LogP contribution in [0.3, 0.4) is 0 Å². The Balaban J connectivity index is 0.00000420. The molecule has 0 bridgehead atoms. The van der Waals surface area contributed by atoms with Gasteiger partial charge < -0.3 is 4.90 Å². The minimum atomic E-state index is -3.60. The SMILES string of the molecule is CCC1CCCCN1S(=O)(=O)c1ccc(C(=O)N(CCN(CC)CC)c2nc3c(C)cc(C)cc3s2)cc1.Cl. The third-order valence-corrected chi connectivity index (χ3v) is 10.6. The van der Waals surface area contributed by atoms with Gasteiger partial charge in [0.1, 0.15) is 0 Å². The molecule has 0 radical (unpaired) electrons. The summed E-state index contributed by atoms with van der Waals surface area (Å²) in [5, 5.41) is 0.668. The molecule has 214 valence electrons. The van der Waals surface area contributed by atoms with Crippen molar-refractivity contribution in [2.75, 3.05) is 37.6 Å². The molecule has 0 saturated carbocycles. The van der Waals surface area contributed by atoms with Crippen molar-refractivity contribution in [3.8, 4) is 0 Å². The maximum atomic E-state index is 13.8. The molecule has 7 nitrogen and oxygen atoms in total. The van der Waals surface area contributed by atoms with Crippen molar-refractivity contribution in [2.24, 2.45) is 0 Å². The summed E-state index contributed by atoms with van der Waals surface area (Å²) in [4.78, 5) is 23.0. The molecule has 3 aromatic rings. The van der Waals surface area contributed by atoms with E-state index in [-0.39, 0.29) is 29.3 Å². The monoisotopic (exact) mass is 592 g/mol. The summed E-state index contributed by atoms with van der Waals surface area (Å²) in [5.74, 6) is -0.168. The molecule has 10 heteroatoms. The quantitative estimate of drug-likeness (QED) is 0.277. The fourth-order valence-electron chi connectivity index (χ4n) is 5.30. The van der Waals surface area contributed by atoms with E-state index >= 15 is 0 Å². The lowest BCUT2D eigenvalue weighted by molar-refractivity contribution is 0.0983. The van der Waals surface area contributed by atoms with Gasteiger partial charge >= 0.3 is 0 Å². The number of rotatable bonds is 10. The lowest BCUT2D eigenvalue weighted by atomic mass is 10.0. The second kappa shape index (κ2) is 13.5. The van der Waals surface area contributed by atoms with Crippen LogP contribution in [0.2, 0.25) is 0 Å². The van der Waals surface area contributed by atoms with Gasteiger partial charge in [0.05, 0.1) is 15.1 Å². The molecule has 4 rings (SSSR count). The number of fused-ring (bicyclic) bond motifs is 1. The molecule has 1 aromatic heterocycles. The number of carbonyl (C=O) groups is 1. The molecule has 1 unspecified atom stereocenters. The van der Waals surface area contributed by atoms with Crippen LogP contribution in [0.4, 0.5) is 5.13 Å². The van der Waals surface area contributed by atoms with E-state index in [1.54, 1.807) is 33.5 Å². The van der Waals surface area contributed by atoms with Gasteiger partial charge in [0.15, 0.2) is 5.13 Å². The molecule has 0 N–H and O–H groups in total. The van der Waals surface area contributed by atoms with Gasteiger partial charge in [-0.25, -0.2) is 13.4 Å². The number of aryl methyl sites for hydroxylation is 2. The van der Waals surface area contributed by atoms with Crippen LogP contribution in [-0.2, 0) is 10.0 Å². The zero-order chi connectivity index (χ0) is 27.4. The first-order valence-corrected chi connectivity index (χ1v) is 16.0. The Hall–Kier alpha value is -2.04. The summed E-state index contributed by atoms with van der Waals surface area (Å²) in [6.07, 6.45) is 3.65.